The molecule has 84 valence electrons. The molecule has 5 nitrogen and oxygen atoms in total. The van der Waals surface area contributed by atoms with Gasteiger partial charge < -0.3 is 5.73 Å². The van der Waals surface area contributed by atoms with E-state index in [1.165, 1.54) is 12.8 Å². The second-order valence-corrected chi connectivity index (χ2v) is 3.69. The van der Waals surface area contributed by atoms with E-state index in [0.717, 1.165) is 18.7 Å². The van der Waals surface area contributed by atoms with E-state index in [1.54, 1.807) is 0 Å². The molecule has 0 spiro atoms. The molecule has 0 saturated carbocycles. The van der Waals surface area contributed by atoms with Crippen LogP contribution in [0.2, 0.25) is 0 Å². The highest BCUT2D eigenvalue weighted by atomic mass is 16.1. The number of carbonyl (C=O) groups excluding carboxylic acids is 1. The summed E-state index contributed by atoms with van der Waals surface area (Å²) in [5.74, 6) is -0.362. The third kappa shape index (κ3) is 3.34. The van der Waals surface area contributed by atoms with Gasteiger partial charge in [-0.25, -0.2) is 4.68 Å². The van der Waals surface area contributed by atoms with Crippen LogP contribution in [-0.4, -0.2) is 20.9 Å². The summed E-state index contributed by atoms with van der Waals surface area (Å²) in [5.41, 5.74) is 6.75. The van der Waals surface area contributed by atoms with Gasteiger partial charge in [-0.15, -0.1) is 5.10 Å². The normalized spacial score (nSPS) is 10.5. The Morgan fingerprint density at radius 3 is 2.80 bits per heavy atom. The molecule has 1 aromatic rings. The summed E-state index contributed by atoms with van der Waals surface area (Å²) < 4.78 is 1.84. The fourth-order valence-electron chi connectivity index (χ4n) is 1.45. The fraction of sp³-hybridized carbons (Fsp3) is 0.700. The molecule has 0 radical (unpaired) electrons. The van der Waals surface area contributed by atoms with Crippen LogP contribution < -0.4 is 5.73 Å². The van der Waals surface area contributed by atoms with Crippen LogP contribution in [0.4, 0.5) is 0 Å². The lowest BCUT2D eigenvalue weighted by atomic mass is 10.2. The number of aryl methyl sites for hydroxylation is 1. The van der Waals surface area contributed by atoms with Gasteiger partial charge in [-0.2, -0.15) is 0 Å². The van der Waals surface area contributed by atoms with E-state index < -0.39 is 0 Å². The maximum absolute atomic E-state index is 10.7. The van der Waals surface area contributed by atoms with E-state index in [-0.39, 0.29) is 12.3 Å². The molecule has 1 amide bonds. The largest absolute Gasteiger partial charge is 0.369 e. The molecule has 0 bridgehead atoms. The van der Waals surface area contributed by atoms with Crippen LogP contribution in [0.3, 0.4) is 0 Å². The van der Waals surface area contributed by atoms with Crippen molar-refractivity contribution in [3.63, 3.8) is 0 Å². The molecule has 0 saturated heterocycles. The van der Waals surface area contributed by atoms with Crippen molar-refractivity contribution < 1.29 is 4.79 Å². The maximum Gasteiger partial charge on any atom is 0.223 e. The second-order valence-electron chi connectivity index (χ2n) is 3.69. The van der Waals surface area contributed by atoms with Gasteiger partial charge in [0.1, 0.15) is 0 Å². The summed E-state index contributed by atoms with van der Waals surface area (Å²) in [4.78, 5) is 10.7. The molecule has 2 N–H and O–H groups in total. The first-order valence-electron chi connectivity index (χ1n) is 5.32. The van der Waals surface area contributed by atoms with Crippen LogP contribution in [-0.2, 0) is 17.8 Å². The van der Waals surface area contributed by atoms with E-state index in [0.29, 0.717) is 5.69 Å². The Kier molecular flexibility index (Phi) is 4.27. The van der Waals surface area contributed by atoms with Crippen molar-refractivity contribution in [3.8, 4) is 0 Å². The molecule has 5 heteroatoms. The third-order valence-electron chi connectivity index (χ3n) is 2.39. The molecule has 0 aromatic carbocycles. The molecule has 0 aliphatic rings. The number of hydrogen-bond donors (Lipinski definition) is 1. The average molecular weight is 210 g/mol. The molecule has 0 atom stereocenters. The first kappa shape index (κ1) is 11.7. The first-order chi connectivity index (χ1) is 7.15. The smallest absolute Gasteiger partial charge is 0.223 e. The van der Waals surface area contributed by atoms with Crippen molar-refractivity contribution in [2.75, 3.05) is 0 Å². The Labute approximate surface area is 89.6 Å². The van der Waals surface area contributed by atoms with Gasteiger partial charge >= 0.3 is 0 Å². The summed E-state index contributed by atoms with van der Waals surface area (Å²) in [6, 6.07) is 0. The standard InChI is InChI=1S/C10H18N4O/c1-3-4-5-6-14-8(2)9(12-13-14)7-10(11)15/h3-7H2,1-2H3,(H2,11,15). The Hall–Kier alpha value is -1.39. The number of nitrogens with zero attached hydrogens (tertiary/aromatic N) is 3. The van der Waals surface area contributed by atoms with E-state index in [4.69, 9.17) is 5.73 Å². The van der Waals surface area contributed by atoms with Crippen molar-refractivity contribution in [1.82, 2.24) is 15.0 Å². The predicted molar refractivity (Wildman–Crippen MR) is 57.2 cm³/mol. The predicted octanol–water partition coefficient (Wildman–Crippen LogP) is 0.805. The molecule has 0 fully saturated rings. The molecule has 0 unspecified atom stereocenters. The zero-order valence-electron chi connectivity index (χ0n) is 9.36. The van der Waals surface area contributed by atoms with Crippen molar-refractivity contribution in [2.45, 2.75) is 46.1 Å². The van der Waals surface area contributed by atoms with Gasteiger partial charge in [-0.05, 0) is 13.3 Å². The van der Waals surface area contributed by atoms with Crippen LogP contribution in [0.15, 0.2) is 0 Å². The van der Waals surface area contributed by atoms with Crippen LogP contribution in [0.25, 0.3) is 0 Å². The Bertz CT molecular complexity index is 332. The van der Waals surface area contributed by atoms with Gasteiger partial charge in [0.25, 0.3) is 0 Å². The van der Waals surface area contributed by atoms with Gasteiger partial charge in [-0.1, -0.05) is 25.0 Å². The highest BCUT2D eigenvalue weighted by Gasteiger charge is 2.09. The van der Waals surface area contributed by atoms with Crippen molar-refractivity contribution in [3.05, 3.63) is 11.4 Å². The molecule has 15 heavy (non-hydrogen) atoms. The van der Waals surface area contributed by atoms with E-state index >= 15 is 0 Å². The minimum atomic E-state index is -0.362. The van der Waals surface area contributed by atoms with Crippen LogP contribution in [0.5, 0.6) is 0 Å². The zero-order chi connectivity index (χ0) is 11.3. The Morgan fingerprint density at radius 2 is 2.20 bits per heavy atom. The molecular weight excluding hydrogens is 192 g/mol. The number of carbonyl (C=O) groups is 1. The summed E-state index contributed by atoms with van der Waals surface area (Å²) in [6.07, 6.45) is 3.64. The fourth-order valence-corrected chi connectivity index (χ4v) is 1.45. The van der Waals surface area contributed by atoms with E-state index in [1.807, 2.05) is 11.6 Å². The lowest BCUT2D eigenvalue weighted by molar-refractivity contribution is -0.117. The Balaban J connectivity index is 2.58. The number of rotatable bonds is 6. The lowest BCUT2D eigenvalue weighted by Crippen LogP contribution is -2.14. The number of unbranched alkanes of at least 4 members (excludes halogenated alkanes) is 2. The topological polar surface area (TPSA) is 73.8 Å². The van der Waals surface area contributed by atoms with E-state index in [9.17, 15) is 4.79 Å². The van der Waals surface area contributed by atoms with Crippen LogP contribution in [0, 0.1) is 6.92 Å². The number of nitrogens with two attached hydrogens (primary N) is 1. The van der Waals surface area contributed by atoms with Crippen LogP contribution >= 0.6 is 0 Å². The number of primary amides is 1. The Morgan fingerprint density at radius 1 is 1.47 bits per heavy atom. The number of hydrogen-bond acceptors (Lipinski definition) is 3. The quantitative estimate of drug-likeness (QED) is 0.706. The van der Waals surface area contributed by atoms with Gasteiger partial charge in [0.2, 0.25) is 5.91 Å². The summed E-state index contributed by atoms with van der Waals surface area (Å²) in [7, 11) is 0. The number of aromatic nitrogens is 3. The summed E-state index contributed by atoms with van der Waals surface area (Å²) in [6.45, 7) is 4.95. The SMILES string of the molecule is CCCCCn1nnc(CC(N)=O)c1C. The maximum atomic E-state index is 10.7. The monoisotopic (exact) mass is 210 g/mol. The summed E-state index contributed by atoms with van der Waals surface area (Å²) >= 11 is 0. The third-order valence-corrected chi connectivity index (χ3v) is 2.39. The average Bonchev–Trinajstić information content (AvgIpc) is 2.49. The highest BCUT2D eigenvalue weighted by molar-refractivity contribution is 5.76. The number of amides is 1. The molecule has 1 aromatic heterocycles. The van der Waals surface area contributed by atoms with Crippen molar-refractivity contribution in [2.24, 2.45) is 5.73 Å². The minimum Gasteiger partial charge on any atom is -0.369 e. The minimum absolute atomic E-state index is 0.180. The molecule has 0 aliphatic heterocycles. The van der Waals surface area contributed by atoms with Gasteiger partial charge in [0.05, 0.1) is 17.8 Å². The second kappa shape index (κ2) is 5.48. The van der Waals surface area contributed by atoms with Gasteiger partial charge in [0, 0.05) is 6.54 Å². The van der Waals surface area contributed by atoms with Crippen LogP contribution in [0.1, 0.15) is 37.6 Å². The molecule has 1 rings (SSSR count). The highest BCUT2D eigenvalue weighted by Crippen LogP contribution is 2.06. The summed E-state index contributed by atoms with van der Waals surface area (Å²) in [5, 5.41) is 7.95. The van der Waals surface area contributed by atoms with Gasteiger partial charge in [-0.3, -0.25) is 4.79 Å². The molecular formula is C10H18N4O. The zero-order valence-corrected chi connectivity index (χ0v) is 9.36. The van der Waals surface area contributed by atoms with Crippen molar-refractivity contribution in [1.29, 1.82) is 0 Å². The van der Waals surface area contributed by atoms with E-state index in [2.05, 4.69) is 17.2 Å². The molecule has 0 aliphatic carbocycles. The molecule has 1 heterocycles. The lowest BCUT2D eigenvalue weighted by Gasteiger charge is -2.02. The van der Waals surface area contributed by atoms with Gasteiger partial charge in [0.15, 0.2) is 0 Å². The van der Waals surface area contributed by atoms with Crippen molar-refractivity contribution >= 4 is 5.91 Å². The first-order valence-corrected chi connectivity index (χ1v) is 5.32.